The number of nitrogens with two attached hydrogens (primary N) is 1. The SMILES string of the molecule is Cc1ccc2nc(C(N)C(C)C)[nH]c2c1. The maximum absolute atomic E-state index is 6.05. The molecular formula is C12H17N3. The number of hydrogen-bond donors (Lipinski definition) is 2. The molecule has 15 heavy (non-hydrogen) atoms. The fraction of sp³-hybridized carbons (Fsp3) is 0.417. The van der Waals surface area contributed by atoms with Crippen molar-refractivity contribution in [1.82, 2.24) is 9.97 Å². The van der Waals surface area contributed by atoms with Crippen molar-refractivity contribution in [1.29, 1.82) is 0 Å². The first-order chi connectivity index (χ1) is 7.08. The quantitative estimate of drug-likeness (QED) is 0.788. The second kappa shape index (κ2) is 3.66. The van der Waals surface area contributed by atoms with Gasteiger partial charge in [0, 0.05) is 0 Å². The smallest absolute Gasteiger partial charge is 0.124 e. The van der Waals surface area contributed by atoms with Gasteiger partial charge in [-0.3, -0.25) is 0 Å². The first kappa shape index (κ1) is 10.2. The van der Waals surface area contributed by atoms with Crippen LogP contribution in [0.15, 0.2) is 18.2 Å². The highest BCUT2D eigenvalue weighted by Crippen LogP contribution is 2.20. The summed E-state index contributed by atoms with van der Waals surface area (Å²) in [6, 6.07) is 6.17. The van der Waals surface area contributed by atoms with Crippen molar-refractivity contribution in [3.8, 4) is 0 Å². The molecule has 0 aliphatic carbocycles. The largest absolute Gasteiger partial charge is 0.341 e. The van der Waals surface area contributed by atoms with Crippen LogP contribution in [0.25, 0.3) is 11.0 Å². The van der Waals surface area contributed by atoms with Crippen LogP contribution in [0.4, 0.5) is 0 Å². The zero-order valence-corrected chi connectivity index (χ0v) is 9.41. The third kappa shape index (κ3) is 1.88. The van der Waals surface area contributed by atoms with E-state index < -0.39 is 0 Å². The van der Waals surface area contributed by atoms with Gasteiger partial charge in [0.2, 0.25) is 0 Å². The maximum Gasteiger partial charge on any atom is 0.124 e. The van der Waals surface area contributed by atoms with Gasteiger partial charge in [-0.15, -0.1) is 0 Å². The summed E-state index contributed by atoms with van der Waals surface area (Å²) in [6.45, 7) is 6.27. The molecular weight excluding hydrogens is 186 g/mol. The van der Waals surface area contributed by atoms with E-state index in [4.69, 9.17) is 5.73 Å². The molecule has 1 atom stereocenters. The molecule has 1 aromatic carbocycles. The molecule has 3 heteroatoms. The second-order valence-electron chi connectivity index (χ2n) is 4.41. The highest BCUT2D eigenvalue weighted by atomic mass is 15.0. The number of rotatable bonds is 2. The summed E-state index contributed by atoms with van der Waals surface area (Å²) >= 11 is 0. The summed E-state index contributed by atoms with van der Waals surface area (Å²) in [5.74, 6) is 1.28. The first-order valence-electron chi connectivity index (χ1n) is 5.30. The Morgan fingerprint density at radius 3 is 2.73 bits per heavy atom. The number of aromatic amines is 1. The average Bonchev–Trinajstić information content (AvgIpc) is 2.58. The monoisotopic (exact) mass is 203 g/mol. The minimum atomic E-state index is -0.0160. The molecule has 0 fully saturated rings. The molecule has 80 valence electrons. The predicted octanol–water partition coefficient (Wildman–Crippen LogP) is 2.53. The lowest BCUT2D eigenvalue weighted by Gasteiger charge is -2.11. The standard InChI is InChI=1S/C12H17N3/c1-7(2)11(13)12-14-9-5-4-8(3)6-10(9)15-12/h4-7,11H,13H2,1-3H3,(H,14,15). The van der Waals surface area contributed by atoms with E-state index in [2.05, 4.69) is 42.9 Å². The van der Waals surface area contributed by atoms with Crippen molar-refractivity contribution in [2.24, 2.45) is 11.7 Å². The van der Waals surface area contributed by atoms with Gasteiger partial charge < -0.3 is 10.7 Å². The summed E-state index contributed by atoms with van der Waals surface area (Å²) in [7, 11) is 0. The number of benzene rings is 1. The number of aryl methyl sites for hydroxylation is 1. The first-order valence-corrected chi connectivity index (χ1v) is 5.30. The van der Waals surface area contributed by atoms with E-state index in [1.54, 1.807) is 0 Å². The number of aromatic nitrogens is 2. The summed E-state index contributed by atoms with van der Waals surface area (Å²) in [5.41, 5.74) is 9.34. The molecule has 2 aromatic rings. The van der Waals surface area contributed by atoms with Gasteiger partial charge in [0.15, 0.2) is 0 Å². The molecule has 1 heterocycles. The molecule has 0 spiro atoms. The summed E-state index contributed by atoms with van der Waals surface area (Å²) in [5, 5.41) is 0. The summed E-state index contributed by atoms with van der Waals surface area (Å²) in [6.07, 6.45) is 0. The Labute approximate surface area is 89.7 Å². The van der Waals surface area contributed by atoms with Crippen LogP contribution in [-0.2, 0) is 0 Å². The third-order valence-corrected chi connectivity index (χ3v) is 2.69. The van der Waals surface area contributed by atoms with Crippen LogP contribution < -0.4 is 5.73 Å². The Bertz CT molecular complexity index is 471. The van der Waals surface area contributed by atoms with Crippen LogP contribution in [-0.4, -0.2) is 9.97 Å². The molecule has 1 aromatic heterocycles. The van der Waals surface area contributed by atoms with E-state index in [-0.39, 0.29) is 6.04 Å². The lowest BCUT2D eigenvalue weighted by Crippen LogP contribution is -2.17. The lowest BCUT2D eigenvalue weighted by atomic mass is 10.1. The van der Waals surface area contributed by atoms with E-state index in [1.165, 1.54) is 5.56 Å². The van der Waals surface area contributed by atoms with Gasteiger partial charge in [-0.1, -0.05) is 19.9 Å². The number of fused-ring (bicyclic) bond motifs is 1. The summed E-state index contributed by atoms with van der Waals surface area (Å²) < 4.78 is 0. The van der Waals surface area contributed by atoms with Gasteiger partial charge in [-0.2, -0.15) is 0 Å². The fourth-order valence-corrected chi connectivity index (χ4v) is 1.62. The van der Waals surface area contributed by atoms with Crippen LogP contribution in [0.5, 0.6) is 0 Å². The molecule has 1 unspecified atom stereocenters. The molecule has 0 bridgehead atoms. The third-order valence-electron chi connectivity index (χ3n) is 2.69. The minimum absolute atomic E-state index is 0.0160. The average molecular weight is 203 g/mol. The van der Waals surface area contributed by atoms with Crippen molar-refractivity contribution in [2.45, 2.75) is 26.8 Å². The van der Waals surface area contributed by atoms with Gasteiger partial charge in [-0.05, 0) is 30.5 Å². The Morgan fingerprint density at radius 1 is 1.33 bits per heavy atom. The lowest BCUT2D eigenvalue weighted by molar-refractivity contribution is 0.495. The predicted molar refractivity (Wildman–Crippen MR) is 62.6 cm³/mol. The highest BCUT2D eigenvalue weighted by molar-refractivity contribution is 5.75. The molecule has 0 saturated heterocycles. The molecule has 0 radical (unpaired) electrons. The second-order valence-corrected chi connectivity index (χ2v) is 4.41. The Hall–Kier alpha value is -1.35. The Kier molecular flexibility index (Phi) is 2.49. The van der Waals surface area contributed by atoms with E-state index in [1.807, 2.05) is 6.07 Å². The van der Waals surface area contributed by atoms with Crippen LogP contribution in [0, 0.1) is 12.8 Å². The minimum Gasteiger partial charge on any atom is -0.341 e. The van der Waals surface area contributed by atoms with E-state index in [0.29, 0.717) is 5.92 Å². The van der Waals surface area contributed by atoms with Gasteiger partial charge in [0.25, 0.3) is 0 Å². The number of nitrogens with zero attached hydrogens (tertiary/aromatic N) is 1. The fourth-order valence-electron chi connectivity index (χ4n) is 1.62. The van der Waals surface area contributed by atoms with Crippen molar-refractivity contribution in [3.05, 3.63) is 29.6 Å². The van der Waals surface area contributed by atoms with Crippen LogP contribution in [0.1, 0.15) is 31.3 Å². The topological polar surface area (TPSA) is 54.7 Å². The zero-order valence-electron chi connectivity index (χ0n) is 9.41. The number of H-pyrrole nitrogens is 1. The van der Waals surface area contributed by atoms with Gasteiger partial charge in [-0.25, -0.2) is 4.98 Å². The highest BCUT2D eigenvalue weighted by Gasteiger charge is 2.14. The maximum atomic E-state index is 6.05. The molecule has 3 nitrogen and oxygen atoms in total. The van der Waals surface area contributed by atoms with E-state index in [9.17, 15) is 0 Å². The number of hydrogen-bond acceptors (Lipinski definition) is 2. The Morgan fingerprint density at radius 2 is 2.07 bits per heavy atom. The molecule has 0 amide bonds. The Balaban J connectivity index is 2.47. The molecule has 0 aliphatic rings. The van der Waals surface area contributed by atoms with Crippen LogP contribution in [0.3, 0.4) is 0 Å². The van der Waals surface area contributed by atoms with Gasteiger partial charge in [0.05, 0.1) is 17.1 Å². The van der Waals surface area contributed by atoms with E-state index >= 15 is 0 Å². The normalized spacial score (nSPS) is 13.7. The van der Waals surface area contributed by atoms with Crippen LogP contribution >= 0.6 is 0 Å². The van der Waals surface area contributed by atoms with Crippen molar-refractivity contribution in [2.75, 3.05) is 0 Å². The number of nitrogens with one attached hydrogen (secondary N) is 1. The van der Waals surface area contributed by atoms with Crippen LogP contribution in [0.2, 0.25) is 0 Å². The molecule has 0 saturated carbocycles. The molecule has 0 aliphatic heterocycles. The molecule has 3 N–H and O–H groups in total. The zero-order chi connectivity index (χ0) is 11.0. The van der Waals surface area contributed by atoms with Crippen molar-refractivity contribution < 1.29 is 0 Å². The summed E-state index contributed by atoms with van der Waals surface area (Å²) in [4.78, 5) is 7.78. The van der Waals surface area contributed by atoms with Crippen molar-refractivity contribution in [3.63, 3.8) is 0 Å². The van der Waals surface area contributed by atoms with Gasteiger partial charge >= 0.3 is 0 Å². The van der Waals surface area contributed by atoms with E-state index in [0.717, 1.165) is 16.9 Å². The van der Waals surface area contributed by atoms with Crippen molar-refractivity contribution >= 4 is 11.0 Å². The van der Waals surface area contributed by atoms with Gasteiger partial charge in [0.1, 0.15) is 5.82 Å². The number of imidazole rings is 1. The molecule has 2 rings (SSSR count).